The van der Waals surface area contributed by atoms with Gasteiger partial charge in [-0.1, -0.05) is 0 Å². The highest BCUT2D eigenvalue weighted by Gasteiger charge is 0.842. The summed E-state index contributed by atoms with van der Waals surface area (Å²) in [4.78, 5) is 0. The molecule has 0 saturated heterocycles. The zero-order valence-electron chi connectivity index (χ0n) is 7.94. The Hall–Kier alpha value is 1.00. The summed E-state index contributed by atoms with van der Waals surface area (Å²) in [6.45, 7) is 0. The summed E-state index contributed by atoms with van der Waals surface area (Å²) in [6.07, 6.45) is 0. The summed E-state index contributed by atoms with van der Waals surface area (Å²) in [6, 6.07) is 0. The van der Waals surface area contributed by atoms with Gasteiger partial charge in [-0.15, -0.1) is 49.6 Å². The van der Waals surface area contributed by atoms with Gasteiger partial charge >= 0.3 is 0 Å². The molecule has 0 unspecified atom stereocenters. The number of hydrogen-bond acceptors (Lipinski definition) is 4. The Bertz CT molecular complexity index is 19.0. The molecule has 0 spiro atoms. The minimum absolute atomic E-state index is 0. The largest absolute Gasteiger partial charge is 0.333 e. The van der Waals surface area contributed by atoms with E-state index in [0.717, 1.165) is 0 Å². The van der Waals surface area contributed by atoms with Crippen LogP contribution in [-0.4, -0.2) is 28.2 Å². The average molecular weight is 270 g/mol. The molecule has 88 valence electrons. The lowest BCUT2D eigenvalue weighted by Gasteiger charge is -1.19. The van der Waals surface area contributed by atoms with Gasteiger partial charge in [0.1, 0.15) is 0 Å². The van der Waals surface area contributed by atoms with E-state index in [2.05, 4.69) is 22.9 Å². The van der Waals surface area contributed by atoms with Crippen LogP contribution in [0.5, 0.6) is 0 Å². The van der Waals surface area contributed by atoms with Gasteiger partial charge in [0.2, 0.25) is 0 Å². The highest BCUT2D eigenvalue weighted by atomic mass is 35.5. The molecule has 0 amide bonds. The fraction of sp³-hybridized carbons (Fsp3) is 1.00. The van der Waals surface area contributed by atoms with Gasteiger partial charge < -0.3 is 22.9 Å². The Balaban J connectivity index is -0.00000000267. The first-order valence-corrected chi connectivity index (χ1v) is 2.31. The second-order valence-corrected chi connectivity index (χ2v) is 0. The molecule has 0 aromatic heterocycles. The molecule has 0 aromatic rings. The van der Waals surface area contributed by atoms with Crippen LogP contribution in [-0.2, 0) is 0 Å². The predicted molar refractivity (Wildman–Crippen MR) is 69.4 cm³/mol. The molecule has 8 N–H and O–H groups in total. The molecule has 8 heteroatoms. The monoisotopic (exact) mass is 268 g/mol. The summed E-state index contributed by atoms with van der Waals surface area (Å²) < 4.78 is 0. The van der Waals surface area contributed by atoms with Crippen LogP contribution >= 0.6 is 49.6 Å². The van der Waals surface area contributed by atoms with E-state index in [1.165, 1.54) is 28.2 Å². The second kappa shape index (κ2) is 1450. The van der Waals surface area contributed by atoms with E-state index in [0.29, 0.717) is 0 Å². The lowest BCUT2D eigenvalue weighted by molar-refractivity contribution is 1.48. The van der Waals surface area contributed by atoms with E-state index in [1.54, 1.807) is 0 Å². The Labute approximate surface area is 101 Å². The van der Waals surface area contributed by atoms with Crippen molar-refractivity contribution in [2.45, 2.75) is 0 Å². The van der Waals surface area contributed by atoms with Crippen molar-refractivity contribution in [3.8, 4) is 0 Å². The van der Waals surface area contributed by atoms with Crippen LogP contribution < -0.4 is 22.9 Å². The Morgan fingerprint density at radius 1 is 0.333 bits per heavy atom. The van der Waals surface area contributed by atoms with Crippen LogP contribution in [0, 0.1) is 0 Å². The summed E-state index contributed by atoms with van der Waals surface area (Å²) in [5.74, 6) is 0. The van der Waals surface area contributed by atoms with Crippen molar-refractivity contribution in [1.82, 2.24) is 0 Å². The maximum Gasteiger partial charge on any atom is -0.0195 e. The van der Waals surface area contributed by atoms with Crippen LogP contribution in [0.4, 0.5) is 0 Å². The van der Waals surface area contributed by atoms with Crippen molar-refractivity contribution in [2.75, 3.05) is 28.2 Å². The second-order valence-electron chi connectivity index (χ2n) is 0. The Morgan fingerprint density at radius 2 is 0.333 bits per heavy atom. The molecular formula is C4H24Cl4N4. The molecule has 0 heterocycles. The third kappa shape index (κ3) is 1100. The average Bonchev–Trinajstić information content (AvgIpc) is 2.03. The summed E-state index contributed by atoms with van der Waals surface area (Å²) in [7, 11) is 6.00. The zero-order chi connectivity index (χ0) is 8.00. The third-order valence-corrected chi connectivity index (χ3v) is 0. The highest BCUT2D eigenvalue weighted by molar-refractivity contribution is 5.86. The van der Waals surface area contributed by atoms with E-state index in [4.69, 9.17) is 0 Å². The van der Waals surface area contributed by atoms with Gasteiger partial charge in [0.15, 0.2) is 0 Å². The van der Waals surface area contributed by atoms with Crippen LogP contribution in [0.2, 0.25) is 0 Å². The van der Waals surface area contributed by atoms with Crippen molar-refractivity contribution in [3.05, 3.63) is 0 Å². The first kappa shape index (κ1) is 74.9. The van der Waals surface area contributed by atoms with Crippen LogP contribution in [0.15, 0.2) is 0 Å². The number of hydrogen-bond donors (Lipinski definition) is 4. The van der Waals surface area contributed by atoms with Crippen molar-refractivity contribution in [3.63, 3.8) is 0 Å². The maximum absolute atomic E-state index is 4.50. The fourth-order valence-corrected chi connectivity index (χ4v) is 0. The minimum atomic E-state index is 0. The van der Waals surface area contributed by atoms with Gasteiger partial charge in [-0.25, -0.2) is 0 Å². The van der Waals surface area contributed by atoms with Crippen molar-refractivity contribution >= 4 is 49.6 Å². The van der Waals surface area contributed by atoms with Gasteiger partial charge in [-0.2, -0.15) is 0 Å². The van der Waals surface area contributed by atoms with Gasteiger partial charge in [-0.05, 0) is 28.2 Å². The Kier molecular flexibility index (Phi) is 9060. The minimum Gasteiger partial charge on any atom is -0.333 e. The van der Waals surface area contributed by atoms with Crippen LogP contribution in [0.1, 0.15) is 0 Å². The molecule has 4 nitrogen and oxygen atoms in total. The number of halogens is 4. The molecule has 12 heavy (non-hydrogen) atoms. The standard InChI is InChI=1S/4CH5N.4ClH/c4*1-2;;;;/h4*2H2,1H3;4*1H. The molecular weight excluding hydrogens is 246 g/mol. The highest BCUT2D eigenvalue weighted by Crippen LogP contribution is 0.693. The van der Waals surface area contributed by atoms with E-state index >= 15 is 0 Å². The van der Waals surface area contributed by atoms with Crippen molar-refractivity contribution in [2.24, 2.45) is 22.9 Å². The lowest BCUT2D eigenvalue weighted by atomic mass is 11.6. The van der Waals surface area contributed by atoms with E-state index in [9.17, 15) is 0 Å². The number of nitrogens with two attached hydrogens (primary N) is 4. The molecule has 0 radical (unpaired) electrons. The molecule has 0 atom stereocenters. The van der Waals surface area contributed by atoms with Crippen molar-refractivity contribution < 1.29 is 0 Å². The third-order valence-electron chi connectivity index (χ3n) is 0. The number of rotatable bonds is 0. The van der Waals surface area contributed by atoms with Gasteiger partial charge in [0.25, 0.3) is 0 Å². The molecule has 0 aliphatic heterocycles. The first-order chi connectivity index (χ1) is 4.00. The normalized spacial score (nSPS) is 2.00. The zero-order valence-corrected chi connectivity index (χ0v) is 11.2. The first-order valence-electron chi connectivity index (χ1n) is 2.31. The summed E-state index contributed by atoms with van der Waals surface area (Å²) in [5, 5.41) is 0. The molecule has 0 saturated carbocycles. The van der Waals surface area contributed by atoms with Gasteiger partial charge in [-0.3, -0.25) is 0 Å². The molecule has 0 aromatic carbocycles. The van der Waals surface area contributed by atoms with Crippen molar-refractivity contribution in [1.29, 1.82) is 0 Å². The Morgan fingerprint density at radius 3 is 0.333 bits per heavy atom. The maximum atomic E-state index is 4.50. The molecule has 0 aliphatic carbocycles. The fourth-order valence-electron chi connectivity index (χ4n) is 0. The van der Waals surface area contributed by atoms with Gasteiger partial charge in [0, 0.05) is 0 Å². The van der Waals surface area contributed by atoms with E-state index in [1.807, 2.05) is 0 Å². The topological polar surface area (TPSA) is 104 Å². The molecule has 0 fully saturated rings. The molecule has 0 aliphatic rings. The van der Waals surface area contributed by atoms with E-state index < -0.39 is 0 Å². The van der Waals surface area contributed by atoms with Gasteiger partial charge in [0.05, 0.1) is 0 Å². The lowest BCUT2D eigenvalue weighted by Crippen LogP contribution is -1.69. The quantitative estimate of drug-likeness (QED) is 0.496. The predicted octanol–water partition coefficient (Wildman–Crippen LogP) is -0.0132. The van der Waals surface area contributed by atoms with Crippen LogP contribution in [0.25, 0.3) is 0 Å². The molecule has 0 bridgehead atoms. The summed E-state index contributed by atoms with van der Waals surface area (Å²) >= 11 is 0. The SMILES string of the molecule is CN.CN.CN.CN.Cl.Cl.Cl.Cl. The van der Waals surface area contributed by atoms with Crippen LogP contribution in [0.3, 0.4) is 0 Å². The van der Waals surface area contributed by atoms with E-state index in [-0.39, 0.29) is 49.6 Å². The molecule has 0 rings (SSSR count). The summed E-state index contributed by atoms with van der Waals surface area (Å²) in [5.41, 5.74) is 18.0. The smallest absolute Gasteiger partial charge is 0.0195 e.